The lowest BCUT2D eigenvalue weighted by Crippen LogP contribution is -2.41. The Labute approximate surface area is 240 Å². The Morgan fingerprint density at radius 2 is 1.56 bits per heavy atom. The number of fused-ring (bicyclic) bond motifs is 3. The molecular formula is C32H34BNO7. The highest BCUT2D eigenvalue weighted by molar-refractivity contribution is 6.56. The summed E-state index contributed by atoms with van der Waals surface area (Å²) in [5, 5.41) is 13.6. The smallest absolute Gasteiger partial charge is 0.492 e. The first-order chi connectivity index (χ1) is 19.6. The molecule has 8 nitrogen and oxygen atoms in total. The molecule has 0 spiro atoms. The van der Waals surface area contributed by atoms with Crippen LogP contribution in [0.15, 0.2) is 66.1 Å². The van der Waals surface area contributed by atoms with Crippen molar-refractivity contribution in [3.05, 3.63) is 88.4 Å². The summed E-state index contributed by atoms with van der Waals surface area (Å²) in [5.41, 5.74) is 4.21. The minimum absolute atomic E-state index is 0.0115. The van der Waals surface area contributed by atoms with Crippen LogP contribution in [0.3, 0.4) is 0 Å². The van der Waals surface area contributed by atoms with Gasteiger partial charge in [0.15, 0.2) is 17.8 Å². The molecule has 0 atom stereocenters. The lowest BCUT2D eigenvalue weighted by atomic mass is 9.76. The van der Waals surface area contributed by atoms with Gasteiger partial charge < -0.3 is 29.2 Å². The molecule has 2 aliphatic rings. The molecule has 1 saturated heterocycles. The highest BCUT2D eigenvalue weighted by atomic mass is 16.7. The van der Waals surface area contributed by atoms with E-state index in [1.807, 2.05) is 52.0 Å². The summed E-state index contributed by atoms with van der Waals surface area (Å²) in [6.07, 6.45) is 1.62. The van der Waals surface area contributed by atoms with E-state index in [-0.39, 0.29) is 41.7 Å². The second kappa shape index (κ2) is 11.1. The number of phenolic OH excluding ortho intramolecular Hbond substituents is 1. The van der Waals surface area contributed by atoms with Gasteiger partial charge in [-0.25, -0.2) is 4.79 Å². The van der Waals surface area contributed by atoms with Crippen molar-refractivity contribution in [2.75, 3.05) is 20.3 Å². The highest BCUT2D eigenvalue weighted by Gasteiger charge is 2.52. The van der Waals surface area contributed by atoms with Crippen LogP contribution in [0.1, 0.15) is 60.7 Å². The zero-order chi connectivity index (χ0) is 29.4. The van der Waals surface area contributed by atoms with Crippen LogP contribution in [0.4, 0.5) is 4.79 Å². The van der Waals surface area contributed by atoms with Gasteiger partial charge in [0.25, 0.3) is 0 Å². The summed E-state index contributed by atoms with van der Waals surface area (Å²) < 4.78 is 23.4. The molecule has 0 radical (unpaired) electrons. The number of aldehydes is 1. The second-order valence-corrected chi connectivity index (χ2v) is 11.2. The van der Waals surface area contributed by atoms with E-state index in [0.717, 1.165) is 22.3 Å². The Morgan fingerprint density at radius 1 is 0.976 bits per heavy atom. The summed E-state index contributed by atoms with van der Waals surface area (Å²) >= 11 is 0. The Hall–Kier alpha value is -4.08. The molecule has 5 rings (SSSR count). The van der Waals surface area contributed by atoms with Gasteiger partial charge in [0.2, 0.25) is 0 Å². The molecule has 1 heterocycles. The van der Waals surface area contributed by atoms with Crippen molar-refractivity contribution < 1.29 is 33.5 Å². The number of ether oxygens (including phenoxy) is 2. The van der Waals surface area contributed by atoms with E-state index in [9.17, 15) is 14.7 Å². The van der Waals surface area contributed by atoms with Gasteiger partial charge in [-0.1, -0.05) is 54.6 Å². The van der Waals surface area contributed by atoms with Gasteiger partial charge >= 0.3 is 13.2 Å². The molecule has 41 heavy (non-hydrogen) atoms. The topological polar surface area (TPSA) is 103 Å². The van der Waals surface area contributed by atoms with Crippen LogP contribution in [-0.4, -0.2) is 56.1 Å². The number of hydrogen-bond donors (Lipinski definition) is 2. The van der Waals surface area contributed by atoms with Crippen LogP contribution in [0.5, 0.6) is 11.5 Å². The monoisotopic (exact) mass is 555 g/mol. The van der Waals surface area contributed by atoms with Gasteiger partial charge in [-0.15, -0.1) is 0 Å². The van der Waals surface area contributed by atoms with Gasteiger partial charge in [-0.05, 0) is 67.6 Å². The SMILES string of the molecule is COc1ccc(C=O)c(C=C(CNC(=O)OCC2c3ccccc3-c3ccccc32)B2OC(C)(C)C(C)(C)O2)c1O. The lowest BCUT2D eigenvalue weighted by Gasteiger charge is -2.32. The fourth-order valence-corrected chi connectivity index (χ4v) is 5.23. The number of aromatic hydroxyl groups is 1. The minimum atomic E-state index is -0.848. The standard InChI is InChI=1S/C32H34BNO7/c1-31(2)32(3,4)41-33(40-31)21(16-26-20(18-35)14-15-28(38-5)29(26)36)17-34-30(37)39-19-27-24-12-8-6-10-22(24)23-11-7-9-13-25(23)27/h6-16,18,27,36H,17,19H2,1-5H3,(H,34,37). The van der Waals surface area contributed by atoms with Crippen molar-refractivity contribution in [1.29, 1.82) is 0 Å². The number of hydrogen-bond acceptors (Lipinski definition) is 7. The summed E-state index contributed by atoms with van der Waals surface area (Å²) in [6, 6.07) is 19.3. The van der Waals surface area contributed by atoms with Crippen LogP contribution in [0, 0.1) is 0 Å². The molecule has 3 aromatic rings. The van der Waals surface area contributed by atoms with Crippen molar-refractivity contribution in [2.45, 2.75) is 44.8 Å². The molecule has 0 saturated carbocycles. The van der Waals surface area contributed by atoms with Crippen molar-refractivity contribution in [3.63, 3.8) is 0 Å². The van der Waals surface area contributed by atoms with Crippen molar-refractivity contribution in [3.8, 4) is 22.6 Å². The first-order valence-corrected chi connectivity index (χ1v) is 13.6. The molecule has 1 aliphatic heterocycles. The minimum Gasteiger partial charge on any atom is -0.504 e. The highest BCUT2D eigenvalue weighted by Crippen LogP contribution is 2.44. The molecule has 0 aromatic heterocycles. The second-order valence-electron chi connectivity index (χ2n) is 11.2. The first-order valence-electron chi connectivity index (χ1n) is 13.6. The summed E-state index contributed by atoms with van der Waals surface area (Å²) in [7, 11) is 0.579. The van der Waals surface area contributed by atoms with Crippen LogP contribution in [0.2, 0.25) is 0 Å². The van der Waals surface area contributed by atoms with E-state index >= 15 is 0 Å². The molecule has 1 amide bonds. The Kier molecular flexibility index (Phi) is 7.68. The number of nitrogens with one attached hydrogen (secondary N) is 1. The molecule has 2 N–H and O–H groups in total. The molecular weight excluding hydrogens is 521 g/mol. The van der Waals surface area contributed by atoms with Crippen LogP contribution in [-0.2, 0) is 14.0 Å². The third-order valence-corrected chi connectivity index (χ3v) is 8.23. The number of benzene rings is 3. The van der Waals surface area contributed by atoms with Gasteiger partial charge in [0, 0.05) is 23.6 Å². The van der Waals surface area contributed by atoms with Gasteiger partial charge in [0.1, 0.15) is 6.61 Å². The van der Waals surface area contributed by atoms with Crippen molar-refractivity contribution in [1.82, 2.24) is 5.32 Å². The molecule has 1 fully saturated rings. The normalized spacial score (nSPS) is 17.1. The zero-order valence-electron chi connectivity index (χ0n) is 23.9. The quantitative estimate of drug-likeness (QED) is 0.269. The molecule has 0 bridgehead atoms. The zero-order valence-corrected chi connectivity index (χ0v) is 23.9. The Bertz CT molecular complexity index is 1450. The van der Waals surface area contributed by atoms with Crippen LogP contribution in [0.25, 0.3) is 17.2 Å². The van der Waals surface area contributed by atoms with Crippen LogP contribution >= 0.6 is 0 Å². The van der Waals surface area contributed by atoms with Gasteiger partial charge in [-0.2, -0.15) is 0 Å². The molecule has 9 heteroatoms. The van der Waals surface area contributed by atoms with Crippen molar-refractivity contribution in [2.24, 2.45) is 0 Å². The number of alkyl carbamates (subject to hydrolysis) is 1. The number of rotatable bonds is 8. The van der Waals surface area contributed by atoms with E-state index < -0.39 is 24.4 Å². The summed E-state index contributed by atoms with van der Waals surface area (Å²) in [4.78, 5) is 24.8. The molecule has 212 valence electrons. The third kappa shape index (κ3) is 5.35. The van der Waals surface area contributed by atoms with Gasteiger partial charge in [0.05, 0.1) is 18.3 Å². The van der Waals surface area contributed by atoms with E-state index in [1.165, 1.54) is 13.2 Å². The maximum Gasteiger partial charge on any atom is 0.492 e. The summed E-state index contributed by atoms with van der Waals surface area (Å²) in [5.74, 6) is -0.0676. The summed E-state index contributed by atoms with van der Waals surface area (Å²) in [6.45, 7) is 7.84. The third-order valence-electron chi connectivity index (χ3n) is 8.23. The van der Waals surface area contributed by atoms with E-state index in [4.69, 9.17) is 18.8 Å². The Balaban J connectivity index is 1.37. The predicted molar refractivity (Wildman–Crippen MR) is 157 cm³/mol. The molecule has 3 aromatic carbocycles. The van der Waals surface area contributed by atoms with E-state index in [0.29, 0.717) is 11.8 Å². The lowest BCUT2D eigenvalue weighted by molar-refractivity contribution is 0.00578. The van der Waals surface area contributed by atoms with E-state index in [2.05, 4.69) is 29.6 Å². The number of carbonyl (C=O) groups excluding carboxylic acids is 2. The largest absolute Gasteiger partial charge is 0.504 e. The maximum absolute atomic E-state index is 13.0. The molecule has 1 aliphatic carbocycles. The fourth-order valence-electron chi connectivity index (χ4n) is 5.23. The average molecular weight is 555 g/mol. The number of amides is 1. The molecule has 0 unspecified atom stereocenters. The van der Waals surface area contributed by atoms with Gasteiger partial charge in [-0.3, -0.25) is 4.79 Å². The number of carbonyl (C=O) groups is 2. The predicted octanol–water partition coefficient (Wildman–Crippen LogP) is 5.77. The number of methoxy groups -OCH3 is 1. The Morgan fingerprint density at radius 3 is 2.12 bits per heavy atom. The number of phenols is 1. The average Bonchev–Trinajstić information content (AvgIpc) is 3.39. The maximum atomic E-state index is 13.0. The van der Waals surface area contributed by atoms with Crippen LogP contribution < -0.4 is 10.1 Å². The first kappa shape index (κ1) is 28.5. The fraction of sp³-hybridized carbons (Fsp3) is 0.312. The van der Waals surface area contributed by atoms with E-state index in [1.54, 1.807) is 12.1 Å². The van der Waals surface area contributed by atoms with Crippen molar-refractivity contribution >= 4 is 25.6 Å².